The van der Waals surface area contributed by atoms with Gasteiger partial charge in [0.2, 0.25) is 0 Å². The van der Waals surface area contributed by atoms with E-state index in [1.54, 1.807) is 6.08 Å². The summed E-state index contributed by atoms with van der Waals surface area (Å²) < 4.78 is 5.54. The minimum atomic E-state index is 0.177. The number of ether oxygens (including phenoxy) is 1. The highest BCUT2D eigenvalue weighted by molar-refractivity contribution is 5.32. The van der Waals surface area contributed by atoms with Crippen molar-refractivity contribution in [3.8, 4) is 0 Å². The van der Waals surface area contributed by atoms with Crippen LogP contribution < -0.4 is 0 Å². The van der Waals surface area contributed by atoms with E-state index in [9.17, 15) is 0 Å². The second-order valence-electron chi connectivity index (χ2n) is 3.49. The zero-order valence-electron chi connectivity index (χ0n) is 9.63. The molecule has 0 aromatic rings. The van der Waals surface area contributed by atoms with Gasteiger partial charge in [-0.2, -0.15) is 0 Å². The summed E-state index contributed by atoms with van der Waals surface area (Å²) in [4.78, 5) is 0. The van der Waals surface area contributed by atoms with Gasteiger partial charge in [0.1, 0.15) is 5.76 Å². The van der Waals surface area contributed by atoms with Gasteiger partial charge in [-0.05, 0) is 51.0 Å². The first-order chi connectivity index (χ1) is 6.51. The molecule has 0 radical (unpaired) electrons. The van der Waals surface area contributed by atoms with Crippen molar-refractivity contribution in [1.29, 1.82) is 0 Å². The van der Waals surface area contributed by atoms with Crippen molar-refractivity contribution in [1.82, 2.24) is 0 Å². The molecule has 0 aliphatic heterocycles. The van der Waals surface area contributed by atoms with E-state index in [1.165, 1.54) is 0 Å². The van der Waals surface area contributed by atoms with E-state index in [-0.39, 0.29) is 6.10 Å². The molecule has 0 aromatic heterocycles. The topological polar surface area (TPSA) is 9.23 Å². The van der Waals surface area contributed by atoms with Crippen LogP contribution in [0.1, 0.15) is 27.7 Å². The average molecular weight is 192 g/mol. The molecule has 0 rings (SSSR count). The monoisotopic (exact) mass is 192 g/mol. The van der Waals surface area contributed by atoms with Crippen molar-refractivity contribution in [2.75, 3.05) is 0 Å². The Labute approximate surface area is 87.5 Å². The summed E-state index contributed by atoms with van der Waals surface area (Å²) in [6.45, 7) is 15.5. The molecule has 0 amide bonds. The van der Waals surface area contributed by atoms with Crippen molar-refractivity contribution in [2.24, 2.45) is 0 Å². The molecule has 0 unspecified atom stereocenters. The summed E-state index contributed by atoms with van der Waals surface area (Å²) >= 11 is 0. The molecule has 0 aliphatic carbocycles. The zero-order chi connectivity index (χ0) is 11.1. The van der Waals surface area contributed by atoms with Gasteiger partial charge in [0, 0.05) is 0 Å². The quantitative estimate of drug-likeness (QED) is 0.472. The summed E-state index contributed by atoms with van der Waals surface area (Å²) in [7, 11) is 0. The highest BCUT2D eigenvalue weighted by atomic mass is 16.5. The predicted molar refractivity (Wildman–Crippen MR) is 63.1 cm³/mol. The maximum absolute atomic E-state index is 5.54. The fourth-order valence-electron chi connectivity index (χ4n) is 0.901. The van der Waals surface area contributed by atoms with E-state index in [1.807, 2.05) is 39.8 Å². The number of allylic oxidation sites excluding steroid dienone is 5. The van der Waals surface area contributed by atoms with Gasteiger partial charge in [0.15, 0.2) is 0 Å². The molecule has 0 bridgehead atoms. The third-order valence-corrected chi connectivity index (χ3v) is 1.86. The van der Waals surface area contributed by atoms with Gasteiger partial charge in [0.25, 0.3) is 0 Å². The van der Waals surface area contributed by atoms with Crippen LogP contribution >= 0.6 is 0 Å². The largest absolute Gasteiger partial charge is 0.491 e. The Morgan fingerprint density at radius 3 is 2.00 bits per heavy atom. The Bertz CT molecular complexity index is 267. The molecule has 0 atom stereocenters. The molecule has 0 heterocycles. The van der Waals surface area contributed by atoms with Crippen LogP contribution in [0.4, 0.5) is 0 Å². The fourth-order valence-corrected chi connectivity index (χ4v) is 0.901. The number of rotatable bonds is 5. The Morgan fingerprint density at radius 2 is 1.64 bits per heavy atom. The van der Waals surface area contributed by atoms with E-state index < -0.39 is 0 Å². The summed E-state index contributed by atoms with van der Waals surface area (Å²) in [5.41, 5.74) is 2.30. The molecule has 0 spiro atoms. The van der Waals surface area contributed by atoms with Gasteiger partial charge < -0.3 is 4.74 Å². The highest BCUT2D eigenvalue weighted by Crippen LogP contribution is 2.11. The number of hydrogen-bond acceptors (Lipinski definition) is 1. The van der Waals surface area contributed by atoms with Crippen LogP contribution in [0, 0.1) is 0 Å². The van der Waals surface area contributed by atoms with Crippen molar-refractivity contribution >= 4 is 0 Å². The summed E-state index contributed by atoms with van der Waals surface area (Å²) in [6.07, 6.45) is 5.71. The predicted octanol–water partition coefficient (Wildman–Crippen LogP) is 4.00. The summed E-state index contributed by atoms with van der Waals surface area (Å²) in [5, 5.41) is 0. The zero-order valence-corrected chi connectivity index (χ0v) is 9.63. The molecule has 0 aliphatic rings. The van der Waals surface area contributed by atoms with Crippen LogP contribution in [0.5, 0.6) is 0 Å². The molecule has 0 N–H and O–H groups in total. The van der Waals surface area contributed by atoms with Gasteiger partial charge >= 0.3 is 0 Å². The molecule has 14 heavy (non-hydrogen) atoms. The standard InChI is InChI=1S/C13H20O/c1-7-11(5)12(6)9-13(8-2)14-10(3)4/h7-10H,1-2H2,3-6H3/b12-11-,13-9+. The molecular formula is C13H20O. The molecule has 1 nitrogen and oxygen atoms in total. The van der Waals surface area contributed by atoms with E-state index >= 15 is 0 Å². The molecule has 0 saturated carbocycles. The van der Waals surface area contributed by atoms with E-state index in [0.717, 1.165) is 16.9 Å². The lowest BCUT2D eigenvalue weighted by Gasteiger charge is -2.10. The van der Waals surface area contributed by atoms with Crippen LogP contribution in [0.2, 0.25) is 0 Å². The first-order valence-corrected chi connectivity index (χ1v) is 4.82. The normalized spacial score (nSPS) is 13.6. The van der Waals surface area contributed by atoms with Gasteiger partial charge in [-0.3, -0.25) is 0 Å². The molecule has 0 aromatic carbocycles. The lowest BCUT2D eigenvalue weighted by molar-refractivity contribution is 0.158. The van der Waals surface area contributed by atoms with Crippen molar-refractivity contribution in [2.45, 2.75) is 33.8 Å². The lowest BCUT2D eigenvalue weighted by atomic mass is 10.1. The van der Waals surface area contributed by atoms with Gasteiger partial charge in [-0.15, -0.1) is 0 Å². The van der Waals surface area contributed by atoms with Crippen molar-refractivity contribution in [3.05, 3.63) is 48.3 Å². The minimum Gasteiger partial charge on any atom is -0.491 e. The first kappa shape index (κ1) is 12.8. The third kappa shape index (κ3) is 4.70. The van der Waals surface area contributed by atoms with Crippen LogP contribution in [0.3, 0.4) is 0 Å². The first-order valence-electron chi connectivity index (χ1n) is 4.82. The van der Waals surface area contributed by atoms with Gasteiger partial charge in [0.05, 0.1) is 6.10 Å². The number of hydrogen-bond donors (Lipinski definition) is 0. The lowest BCUT2D eigenvalue weighted by Crippen LogP contribution is -2.00. The van der Waals surface area contributed by atoms with Crippen LogP contribution in [-0.4, -0.2) is 6.10 Å². The highest BCUT2D eigenvalue weighted by Gasteiger charge is 1.97. The molecule has 1 heteroatoms. The van der Waals surface area contributed by atoms with Crippen LogP contribution in [-0.2, 0) is 4.74 Å². The van der Waals surface area contributed by atoms with E-state index in [2.05, 4.69) is 13.2 Å². The molecular weight excluding hydrogens is 172 g/mol. The van der Waals surface area contributed by atoms with Crippen LogP contribution in [0.15, 0.2) is 48.3 Å². The van der Waals surface area contributed by atoms with Gasteiger partial charge in [-0.25, -0.2) is 0 Å². The fraction of sp³-hybridized carbons (Fsp3) is 0.385. The Morgan fingerprint density at radius 1 is 1.07 bits per heavy atom. The second kappa shape index (κ2) is 6.25. The third-order valence-electron chi connectivity index (χ3n) is 1.86. The molecule has 78 valence electrons. The summed E-state index contributed by atoms with van der Waals surface area (Å²) in [5.74, 6) is 0.804. The minimum absolute atomic E-state index is 0.177. The maximum Gasteiger partial charge on any atom is 0.119 e. The SMILES string of the molecule is C=C/C(C)=C(C)\C=C(/C=C)OC(C)C. The smallest absolute Gasteiger partial charge is 0.119 e. The van der Waals surface area contributed by atoms with E-state index in [0.29, 0.717) is 0 Å². The maximum atomic E-state index is 5.54. The Balaban J connectivity index is 4.75. The van der Waals surface area contributed by atoms with Crippen molar-refractivity contribution < 1.29 is 4.74 Å². The molecule has 0 fully saturated rings. The average Bonchev–Trinajstić information content (AvgIpc) is 2.14. The Hall–Kier alpha value is -1.24. The van der Waals surface area contributed by atoms with E-state index in [4.69, 9.17) is 4.74 Å². The van der Waals surface area contributed by atoms with Gasteiger partial charge in [-0.1, -0.05) is 19.2 Å². The van der Waals surface area contributed by atoms with Crippen molar-refractivity contribution in [3.63, 3.8) is 0 Å². The Kier molecular flexibility index (Phi) is 5.70. The van der Waals surface area contributed by atoms with Crippen LogP contribution in [0.25, 0.3) is 0 Å². The summed E-state index contributed by atoms with van der Waals surface area (Å²) in [6, 6.07) is 0. The second-order valence-corrected chi connectivity index (χ2v) is 3.49. The molecule has 0 saturated heterocycles.